The molecule has 16 heavy (non-hydrogen) atoms. The fourth-order valence-corrected chi connectivity index (χ4v) is 1.41. The van der Waals surface area contributed by atoms with Crippen molar-refractivity contribution in [3.8, 4) is 0 Å². The van der Waals surface area contributed by atoms with E-state index in [0.717, 1.165) is 0 Å². The fourth-order valence-electron chi connectivity index (χ4n) is 1.41. The van der Waals surface area contributed by atoms with Crippen LogP contribution in [0.25, 0.3) is 0 Å². The van der Waals surface area contributed by atoms with Crippen LogP contribution in [0.5, 0.6) is 0 Å². The Kier molecular flexibility index (Phi) is 5.31. The molecule has 6 nitrogen and oxygen atoms in total. The molecule has 0 radical (unpaired) electrons. The van der Waals surface area contributed by atoms with Gasteiger partial charge in [-0.3, -0.25) is 0 Å². The molecule has 0 bridgehead atoms. The molecule has 0 fully saturated rings. The van der Waals surface area contributed by atoms with E-state index in [9.17, 15) is 0 Å². The highest BCUT2D eigenvalue weighted by molar-refractivity contribution is 4.93. The van der Waals surface area contributed by atoms with Crippen LogP contribution in [0, 0.1) is 0 Å². The highest BCUT2D eigenvalue weighted by Crippen LogP contribution is 2.13. The van der Waals surface area contributed by atoms with Crippen molar-refractivity contribution < 1.29 is 0 Å². The summed E-state index contributed by atoms with van der Waals surface area (Å²) in [7, 11) is 2.12. The van der Waals surface area contributed by atoms with Crippen molar-refractivity contribution in [2.75, 3.05) is 13.6 Å². The van der Waals surface area contributed by atoms with E-state index in [2.05, 4.69) is 63.7 Å². The van der Waals surface area contributed by atoms with Crippen LogP contribution >= 0.6 is 0 Å². The largest absolute Gasteiger partial charge is 0.359 e. The highest BCUT2D eigenvalue weighted by atomic mass is 15.5. The molecule has 1 aliphatic heterocycles. The molecule has 0 amide bonds. The Balaban J connectivity index is 0.000000212. The summed E-state index contributed by atoms with van der Waals surface area (Å²) in [5.41, 5.74) is 0. The molecule has 0 spiro atoms. The smallest absolute Gasteiger partial charge is 0.161 e. The summed E-state index contributed by atoms with van der Waals surface area (Å²) in [4.78, 5) is 4.61. The zero-order valence-electron chi connectivity index (χ0n) is 10.2. The molecule has 0 aliphatic carbocycles. The number of rotatable bonds is 3. The number of unbranched alkanes of at least 4 members (excludes halogenated alkanes) is 1. The number of tetrazole rings is 1. The lowest BCUT2D eigenvalue weighted by Crippen LogP contribution is -2.33. The second-order valence-corrected chi connectivity index (χ2v) is 3.75. The first-order valence-corrected chi connectivity index (χ1v) is 5.58. The van der Waals surface area contributed by atoms with Crippen molar-refractivity contribution in [3.05, 3.63) is 18.7 Å². The maximum absolute atomic E-state index is 3.38. The predicted octanol–water partition coefficient (Wildman–Crippen LogP) is 1.05. The molecule has 2 heterocycles. The number of aromatic nitrogens is 4. The van der Waals surface area contributed by atoms with Gasteiger partial charge in [-0.2, -0.15) is 5.21 Å². The third kappa shape index (κ3) is 3.88. The number of hydrogen-bond donors (Lipinski definition) is 1. The molecular formula is C10H20N6. The van der Waals surface area contributed by atoms with E-state index < -0.39 is 0 Å². The Bertz CT molecular complexity index is 266. The Labute approximate surface area is 96.3 Å². The van der Waals surface area contributed by atoms with Gasteiger partial charge in [0.25, 0.3) is 0 Å². The van der Waals surface area contributed by atoms with Crippen LogP contribution in [0.2, 0.25) is 0 Å². The quantitative estimate of drug-likeness (QED) is 0.831. The zero-order valence-corrected chi connectivity index (χ0v) is 10.2. The number of nitrogens with zero attached hydrogens (tertiary/aromatic N) is 5. The molecule has 6 heteroatoms. The third-order valence-electron chi connectivity index (χ3n) is 2.60. The first-order chi connectivity index (χ1) is 7.75. The monoisotopic (exact) mass is 224 g/mol. The SMILES string of the molecule is CCCCN1C=CN(C)C1C.c1nn[nH]n1. The molecule has 1 N–H and O–H groups in total. The summed E-state index contributed by atoms with van der Waals surface area (Å²) >= 11 is 0. The molecule has 2 rings (SSSR count). The number of hydrogen-bond acceptors (Lipinski definition) is 5. The molecule has 0 saturated carbocycles. The van der Waals surface area contributed by atoms with E-state index in [-0.39, 0.29) is 0 Å². The van der Waals surface area contributed by atoms with E-state index in [1.807, 2.05) is 0 Å². The van der Waals surface area contributed by atoms with Gasteiger partial charge in [-0.25, -0.2) is 0 Å². The van der Waals surface area contributed by atoms with E-state index in [1.165, 1.54) is 25.7 Å². The normalized spacial score (nSPS) is 18.6. The molecular weight excluding hydrogens is 204 g/mol. The Hall–Kier alpha value is -1.59. The Morgan fingerprint density at radius 2 is 2.19 bits per heavy atom. The summed E-state index contributed by atoms with van der Waals surface area (Å²) in [6.07, 6.45) is 8.78. The Morgan fingerprint density at radius 3 is 2.56 bits per heavy atom. The summed E-state index contributed by atoms with van der Waals surface area (Å²) in [5, 5.41) is 12.2. The second kappa shape index (κ2) is 6.81. The molecule has 1 unspecified atom stereocenters. The van der Waals surface area contributed by atoms with Crippen LogP contribution in [0.1, 0.15) is 26.7 Å². The lowest BCUT2D eigenvalue weighted by atomic mass is 10.3. The zero-order chi connectivity index (χ0) is 11.8. The van der Waals surface area contributed by atoms with E-state index in [0.29, 0.717) is 6.17 Å². The lowest BCUT2D eigenvalue weighted by Gasteiger charge is -2.26. The van der Waals surface area contributed by atoms with Crippen molar-refractivity contribution in [1.82, 2.24) is 30.4 Å². The van der Waals surface area contributed by atoms with Crippen LogP contribution in [0.4, 0.5) is 0 Å². The number of nitrogens with one attached hydrogen (secondary N) is 1. The van der Waals surface area contributed by atoms with Crippen molar-refractivity contribution in [1.29, 1.82) is 0 Å². The van der Waals surface area contributed by atoms with Gasteiger partial charge in [0.05, 0.1) is 6.17 Å². The number of H-pyrrole nitrogens is 1. The average Bonchev–Trinajstić information content (AvgIpc) is 2.93. The summed E-state index contributed by atoms with van der Waals surface area (Å²) in [6, 6.07) is 0. The van der Waals surface area contributed by atoms with Crippen molar-refractivity contribution >= 4 is 0 Å². The van der Waals surface area contributed by atoms with Crippen LogP contribution < -0.4 is 0 Å². The van der Waals surface area contributed by atoms with E-state index in [1.54, 1.807) is 0 Å². The molecule has 90 valence electrons. The molecule has 0 aromatic carbocycles. The van der Waals surface area contributed by atoms with Crippen molar-refractivity contribution in [2.24, 2.45) is 0 Å². The van der Waals surface area contributed by atoms with Gasteiger partial charge in [-0.15, -0.1) is 10.2 Å². The average molecular weight is 224 g/mol. The van der Waals surface area contributed by atoms with Gasteiger partial charge < -0.3 is 9.80 Å². The number of aromatic amines is 1. The highest BCUT2D eigenvalue weighted by Gasteiger charge is 2.16. The molecule has 1 atom stereocenters. The predicted molar refractivity (Wildman–Crippen MR) is 62.2 cm³/mol. The fraction of sp³-hybridized carbons (Fsp3) is 0.700. The minimum atomic E-state index is 0.557. The minimum absolute atomic E-state index is 0.557. The minimum Gasteiger partial charge on any atom is -0.359 e. The van der Waals surface area contributed by atoms with Gasteiger partial charge >= 0.3 is 0 Å². The first-order valence-electron chi connectivity index (χ1n) is 5.58. The van der Waals surface area contributed by atoms with Gasteiger partial charge in [-0.05, 0) is 13.3 Å². The van der Waals surface area contributed by atoms with Gasteiger partial charge in [0, 0.05) is 26.0 Å². The molecule has 0 saturated heterocycles. The summed E-state index contributed by atoms with van der Waals surface area (Å²) in [5.74, 6) is 0. The third-order valence-corrected chi connectivity index (χ3v) is 2.60. The van der Waals surface area contributed by atoms with E-state index >= 15 is 0 Å². The summed E-state index contributed by atoms with van der Waals surface area (Å²) < 4.78 is 0. The van der Waals surface area contributed by atoms with Crippen LogP contribution in [-0.4, -0.2) is 50.2 Å². The standard InChI is InChI=1S/C9H18N2.CH2N4/c1-4-5-6-11-8-7-10(3)9(11)2;1-2-4-5-3-1/h7-9H,4-6H2,1-3H3;1H,(H,2,3,4,5). The Morgan fingerprint density at radius 1 is 1.38 bits per heavy atom. The van der Waals surface area contributed by atoms with Crippen molar-refractivity contribution in [2.45, 2.75) is 32.9 Å². The molecule has 1 aromatic heterocycles. The van der Waals surface area contributed by atoms with Gasteiger partial charge in [0.2, 0.25) is 0 Å². The van der Waals surface area contributed by atoms with Crippen LogP contribution in [0.3, 0.4) is 0 Å². The molecule has 1 aliphatic rings. The van der Waals surface area contributed by atoms with Gasteiger partial charge in [0.15, 0.2) is 6.33 Å². The van der Waals surface area contributed by atoms with Crippen molar-refractivity contribution in [3.63, 3.8) is 0 Å². The van der Waals surface area contributed by atoms with Crippen LogP contribution in [0.15, 0.2) is 18.7 Å². The topological polar surface area (TPSA) is 60.9 Å². The van der Waals surface area contributed by atoms with Gasteiger partial charge in [-0.1, -0.05) is 18.6 Å². The lowest BCUT2D eigenvalue weighted by molar-refractivity contribution is 0.193. The van der Waals surface area contributed by atoms with Crippen LogP contribution in [-0.2, 0) is 0 Å². The molecule has 1 aromatic rings. The second-order valence-electron chi connectivity index (χ2n) is 3.75. The summed E-state index contributed by atoms with van der Waals surface area (Å²) in [6.45, 7) is 5.66. The first kappa shape index (κ1) is 12.5. The van der Waals surface area contributed by atoms with Gasteiger partial charge in [0.1, 0.15) is 0 Å². The van der Waals surface area contributed by atoms with E-state index in [4.69, 9.17) is 0 Å². The maximum atomic E-state index is 3.38. The maximum Gasteiger partial charge on any atom is 0.161 e.